The van der Waals surface area contributed by atoms with Crippen LogP contribution in [0.25, 0.3) is 11.5 Å². The second-order valence-electron chi connectivity index (χ2n) is 5.39. The molecule has 0 atom stereocenters. The Bertz CT molecular complexity index is 622. The molecular formula is C14H15ClN2O3. The lowest BCUT2D eigenvalue weighted by Gasteiger charge is -2.19. The molecule has 1 aromatic carbocycles. The summed E-state index contributed by atoms with van der Waals surface area (Å²) in [6.07, 6.45) is 0.438. The van der Waals surface area contributed by atoms with Crippen LogP contribution in [0.4, 0.5) is 0 Å². The monoisotopic (exact) mass is 294 g/mol. The summed E-state index contributed by atoms with van der Waals surface area (Å²) >= 11 is 6.06. The third-order valence-electron chi connectivity index (χ3n) is 2.83. The molecule has 1 N–H and O–H groups in total. The lowest BCUT2D eigenvalue weighted by Crippen LogP contribution is -2.19. The first kappa shape index (κ1) is 14.5. The van der Waals surface area contributed by atoms with Gasteiger partial charge >= 0.3 is 5.97 Å². The third kappa shape index (κ3) is 3.57. The minimum Gasteiger partial charge on any atom is -0.481 e. The summed E-state index contributed by atoms with van der Waals surface area (Å²) in [5.41, 5.74) is 0.222. The lowest BCUT2D eigenvalue weighted by atomic mass is 9.86. The molecule has 2 rings (SSSR count). The van der Waals surface area contributed by atoms with Crippen molar-refractivity contribution in [2.45, 2.75) is 26.7 Å². The zero-order valence-electron chi connectivity index (χ0n) is 11.3. The van der Waals surface area contributed by atoms with Crippen LogP contribution in [0, 0.1) is 5.41 Å². The van der Waals surface area contributed by atoms with Crippen molar-refractivity contribution in [1.29, 1.82) is 0 Å². The highest BCUT2D eigenvalue weighted by Crippen LogP contribution is 2.29. The maximum Gasteiger partial charge on any atom is 0.303 e. The van der Waals surface area contributed by atoms with E-state index in [9.17, 15) is 4.79 Å². The molecule has 0 fully saturated rings. The molecule has 0 aliphatic rings. The zero-order valence-corrected chi connectivity index (χ0v) is 12.0. The Morgan fingerprint density at radius 2 is 2.05 bits per heavy atom. The van der Waals surface area contributed by atoms with Crippen molar-refractivity contribution in [3.05, 3.63) is 35.2 Å². The number of carboxylic acid groups (broad SMARTS) is 1. The fourth-order valence-corrected chi connectivity index (χ4v) is 2.17. The summed E-state index contributed by atoms with van der Waals surface area (Å²) < 4.78 is 5.57. The molecule has 1 aromatic heterocycles. The van der Waals surface area contributed by atoms with E-state index in [1.807, 2.05) is 26.0 Å². The summed E-state index contributed by atoms with van der Waals surface area (Å²) in [6, 6.07) is 7.19. The molecule has 0 saturated heterocycles. The van der Waals surface area contributed by atoms with Gasteiger partial charge in [-0.15, -0.1) is 10.2 Å². The van der Waals surface area contributed by atoms with Gasteiger partial charge in [0.25, 0.3) is 0 Å². The van der Waals surface area contributed by atoms with Gasteiger partial charge in [0.15, 0.2) is 0 Å². The minimum absolute atomic E-state index is 0.0385. The van der Waals surface area contributed by atoms with E-state index in [0.717, 1.165) is 0 Å². The number of rotatable bonds is 5. The third-order valence-corrected chi connectivity index (χ3v) is 3.16. The van der Waals surface area contributed by atoms with Crippen LogP contribution in [-0.4, -0.2) is 21.3 Å². The van der Waals surface area contributed by atoms with Gasteiger partial charge in [0.05, 0.1) is 17.0 Å². The van der Waals surface area contributed by atoms with E-state index < -0.39 is 11.4 Å². The molecule has 0 bridgehead atoms. The molecule has 0 unspecified atom stereocenters. The van der Waals surface area contributed by atoms with Crippen LogP contribution in [0.2, 0.25) is 5.02 Å². The number of aliphatic carboxylic acids is 1. The standard InChI is InChI=1S/C14H15ClN2O3/c1-14(2,8-12(18)19)7-11-16-17-13(20-11)9-5-3-4-6-10(9)15/h3-6H,7-8H2,1-2H3,(H,18,19). The molecule has 0 aliphatic heterocycles. The molecule has 0 amide bonds. The summed E-state index contributed by atoms with van der Waals surface area (Å²) in [5, 5.41) is 17.3. The molecule has 20 heavy (non-hydrogen) atoms. The summed E-state index contributed by atoms with van der Waals surface area (Å²) in [4.78, 5) is 10.8. The van der Waals surface area contributed by atoms with Gasteiger partial charge in [0, 0.05) is 6.42 Å². The van der Waals surface area contributed by atoms with E-state index in [0.29, 0.717) is 28.8 Å². The molecule has 2 aromatic rings. The van der Waals surface area contributed by atoms with Crippen molar-refractivity contribution < 1.29 is 14.3 Å². The van der Waals surface area contributed by atoms with Crippen molar-refractivity contribution in [3.8, 4) is 11.5 Å². The summed E-state index contributed by atoms with van der Waals surface area (Å²) in [7, 11) is 0. The highest BCUT2D eigenvalue weighted by molar-refractivity contribution is 6.33. The second-order valence-corrected chi connectivity index (χ2v) is 5.80. The number of hydrogen-bond donors (Lipinski definition) is 1. The number of aromatic nitrogens is 2. The van der Waals surface area contributed by atoms with Gasteiger partial charge in [-0.05, 0) is 17.5 Å². The van der Waals surface area contributed by atoms with Gasteiger partial charge in [-0.1, -0.05) is 37.6 Å². The molecular weight excluding hydrogens is 280 g/mol. The molecule has 106 valence electrons. The quantitative estimate of drug-likeness (QED) is 0.914. The van der Waals surface area contributed by atoms with E-state index in [1.165, 1.54) is 0 Å². The maximum absolute atomic E-state index is 10.8. The summed E-state index contributed by atoms with van der Waals surface area (Å²) in [6.45, 7) is 3.70. The van der Waals surface area contributed by atoms with Gasteiger partial charge < -0.3 is 9.52 Å². The Balaban J connectivity index is 2.18. The Kier molecular flexibility index (Phi) is 4.09. The predicted molar refractivity (Wildman–Crippen MR) is 74.5 cm³/mol. The Morgan fingerprint density at radius 1 is 1.35 bits per heavy atom. The molecule has 6 heteroatoms. The Morgan fingerprint density at radius 3 is 2.70 bits per heavy atom. The van der Waals surface area contributed by atoms with Crippen LogP contribution in [0.1, 0.15) is 26.2 Å². The van der Waals surface area contributed by atoms with Crippen molar-refractivity contribution in [3.63, 3.8) is 0 Å². The van der Waals surface area contributed by atoms with Gasteiger partial charge in [-0.3, -0.25) is 4.79 Å². The maximum atomic E-state index is 10.8. The van der Waals surface area contributed by atoms with E-state index in [4.69, 9.17) is 21.1 Å². The smallest absolute Gasteiger partial charge is 0.303 e. The highest BCUT2D eigenvalue weighted by atomic mass is 35.5. The highest BCUT2D eigenvalue weighted by Gasteiger charge is 2.25. The number of hydrogen-bond acceptors (Lipinski definition) is 4. The van der Waals surface area contributed by atoms with Crippen molar-refractivity contribution in [2.24, 2.45) is 5.41 Å². The molecule has 1 heterocycles. The summed E-state index contributed by atoms with van der Waals surface area (Å²) in [5.74, 6) is -0.0938. The number of nitrogens with zero attached hydrogens (tertiary/aromatic N) is 2. The first-order valence-corrected chi connectivity index (χ1v) is 6.54. The van der Waals surface area contributed by atoms with Crippen LogP contribution in [-0.2, 0) is 11.2 Å². The molecule has 5 nitrogen and oxygen atoms in total. The zero-order chi connectivity index (χ0) is 14.8. The van der Waals surface area contributed by atoms with E-state index in [2.05, 4.69) is 10.2 Å². The fraction of sp³-hybridized carbons (Fsp3) is 0.357. The van der Waals surface area contributed by atoms with Gasteiger partial charge in [-0.2, -0.15) is 0 Å². The van der Waals surface area contributed by atoms with Crippen LogP contribution >= 0.6 is 11.6 Å². The second kappa shape index (κ2) is 5.63. The molecule has 0 radical (unpaired) electrons. The topological polar surface area (TPSA) is 76.2 Å². The van der Waals surface area contributed by atoms with Gasteiger partial charge in [0.1, 0.15) is 0 Å². The van der Waals surface area contributed by atoms with Crippen LogP contribution in [0.15, 0.2) is 28.7 Å². The van der Waals surface area contributed by atoms with Crippen molar-refractivity contribution in [2.75, 3.05) is 0 Å². The van der Waals surface area contributed by atoms with Crippen LogP contribution < -0.4 is 0 Å². The average molecular weight is 295 g/mol. The number of carboxylic acids is 1. The normalized spacial score (nSPS) is 11.6. The Hall–Kier alpha value is -1.88. The van der Waals surface area contributed by atoms with E-state index in [-0.39, 0.29) is 6.42 Å². The minimum atomic E-state index is -0.846. The van der Waals surface area contributed by atoms with Crippen molar-refractivity contribution in [1.82, 2.24) is 10.2 Å². The largest absolute Gasteiger partial charge is 0.481 e. The van der Waals surface area contributed by atoms with Gasteiger partial charge in [0.2, 0.25) is 11.8 Å². The SMILES string of the molecule is CC(C)(CC(=O)O)Cc1nnc(-c2ccccc2Cl)o1. The van der Waals surface area contributed by atoms with Crippen LogP contribution in [0.3, 0.4) is 0 Å². The van der Waals surface area contributed by atoms with Gasteiger partial charge in [-0.25, -0.2) is 0 Å². The molecule has 0 saturated carbocycles. The molecule has 0 aliphatic carbocycles. The van der Waals surface area contributed by atoms with Crippen molar-refractivity contribution >= 4 is 17.6 Å². The fourth-order valence-electron chi connectivity index (χ4n) is 1.95. The van der Waals surface area contributed by atoms with Crippen LogP contribution in [0.5, 0.6) is 0 Å². The van der Waals surface area contributed by atoms with E-state index in [1.54, 1.807) is 12.1 Å². The van der Waals surface area contributed by atoms with E-state index >= 15 is 0 Å². The first-order chi connectivity index (χ1) is 9.37. The molecule has 0 spiro atoms. The lowest BCUT2D eigenvalue weighted by molar-refractivity contribution is -0.139. The number of benzene rings is 1. The predicted octanol–water partition coefficient (Wildman–Crippen LogP) is 3.43. The number of halogens is 1. The first-order valence-electron chi connectivity index (χ1n) is 6.16. The average Bonchev–Trinajstić information content (AvgIpc) is 2.75. The Labute approximate surface area is 121 Å². The number of carbonyl (C=O) groups is 1.